The zero-order chi connectivity index (χ0) is 11.4. The molecule has 5 heteroatoms. The van der Waals surface area contributed by atoms with Crippen LogP contribution in [0.25, 0.3) is 0 Å². The van der Waals surface area contributed by atoms with E-state index >= 15 is 0 Å². The van der Waals surface area contributed by atoms with Crippen LogP contribution in [0.1, 0.15) is 26.2 Å². The Balaban J connectivity index is 1.99. The van der Waals surface area contributed by atoms with Crippen molar-refractivity contribution >= 4 is 5.95 Å². The Hall–Kier alpha value is -1.36. The summed E-state index contributed by atoms with van der Waals surface area (Å²) in [6, 6.07) is 1.77. The number of nitrogens with zero attached hydrogens (tertiary/aromatic N) is 2. The molecule has 1 aliphatic rings. The summed E-state index contributed by atoms with van der Waals surface area (Å²) in [6.07, 6.45) is 4.85. The summed E-state index contributed by atoms with van der Waals surface area (Å²) < 4.78 is 5.44. The fourth-order valence-electron chi connectivity index (χ4n) is 1.46. The largest absolute Gasteiger partial charge is 0.478 e. The van der Waals surface area contributed by atoms with Crippen LogP contribution in [-0.2, 0) is 0 Å². The summed E-state index contributed by atoms with van der Waals surface area (Å²) in [6.45, 7) is 3.36. The molecule has 0 spiro atoms. The number of anilines is 1. The minimum Gasteiger partial charge on any atom is -0.478 e. The van der Waals surface area contributed by atoms with Crippen LogP contribution in [0.5, 0.6) is 5.88 Å². The molecule has 16 heavy (non-hydrogen) atoms. The van der Waals surface area contributed by atoms with E-state index in [0.717, 1.165) is 19.3 Å². The maximum atomic E-state index is 5.69. The van der Waals surface area contributed by atoms with E-state index in [4.69, 9.17) is 10.5 Å². The van der Waals surface area contributed by atoms with Crippen molar-refractivity contribution in [2.24, 2.45) is 5.73 Å². The van der Waals surface area contributed by atoms with Gasteiger partial charge in [0.25, 0.3) is 0 Å². The first-order chi connectivity index (χ1) is 7.78. The molecule has 1 aromatic heterocycles. The van der Waals surface area contributed by atoms with Crippen molar-refractivity contribution in [3.05, 3.63) is 12.3 Å². The van der Waals surface area contributed by atoms with Crippen LogP contribution in [0.3, 0.4) is 0 Å². The molecule has 1 heterocycles. The number of nitrogens with one attached hydrogen (secondary N) is 1. The number of ether oxygens (including phenoxy) is 1. The summed E-state index contributed by atoms with van der Waals surface area (Å²) in [7, 11) is 0. The quantitative estimate of drug-likeness (QED) is 0.755. The van der Waals surface area contributed by atoms with Gasteiger partial charge in [-0.25, -0.2) is 4.98 Å². The Morgan fingerprint density at radius 3 is 3.00 bits per heavy atom. The van der Waals surface area contributed by atoms with E-state index in [-0.39, 0.29) is 5.54 Å². The highest BCUT2D eigenvalue weighted by atomic mass is 16.5. The van der Waals surface area contributed by atoms with Crippen LogP contribution in [0, 0.1) is 0 Å². The molecule has 2 rings (SSSR count). The van der Waals surface area contributed by atoms with Crippen molar-refractivity contribution in [1.29, 1.82) is 0 Å². The monoisotopic (exact) mass is 222 g/mol. The van der Waals surface area contributed by atoms with Crippen LogP contribution in [0.4, 0.5) is 5.95 Å². The highest BCUT2D eigenvalue weighted by molar-refractivity contribution is 5.35. The van der Waals surface area contributed by atoms with Crippen LogP contribution in [-0.4, -0.2) is 28.7 Å². The fraction of sp³-hybridized carbons (Fsp3) is 0.636. The van der Waals surface area contributed by atoms with Crippen LogP contribution >= 0.6 is 0 Å². The van der Waals surface area contributed by atoms with Gasteiger partial charge in [-0.1, -0.05) is 6.92 Å². The summed E-state index contributed by atoms with van der Waals surface area (Å²) in [4.78, 5) is 8.45. The Bertz CT molecular complexity index is 352. The molecular formula is C11H18N4O. The molecule has 1 aromatic rings. The molecule has 1 aliphatic carbocycles. The number of hydrogen-bond donors (Lipinski definition) is 2. The lowest BCUT2D eigenvalue weighted by molar-refractivity contribution is 0.305. The molecule has 1 fully saturated rings. The SMILES string of the molecule is CCCOc1ccnc(NC2(CN)CC2)n1. The van der Waals surface area contributed by atoms with Crippen LogP contribution in [0.15, 0.2) is 12.3 Å². The third-order valence-corrected chi connectivity index (χ3v) is 2.71. The Labute approximate surface area is 95.4 Å². The van der Waals surface area contributed by atoms with Crippen LogP contribution < -0.4 is 15.8 Å². The third-order valence-electron chi connectivity index (χ3n) is 2.71. The maximum Gasteiger partial charge on any atom is 0.226 e. The van der Waals surface area contributed by atoms with Gasteiger partial charge in [-0.2, -0.15) is 4.98 Å². The van der Waals surface area contributed by atoms with Crippen molar-refractivity contribution in [1.82, 2.24) is 9.97 Å². The van der Waals surface area contributed by atoms with E-state index in [2.05, 4.69) is 22.2 Å². The predicted molar refractivity (Wildman–Crippen MR) is 62.5 cm³/mol. The third kappa shape index (κ3) is 2.61. The molecule has 0 saturated heterocycles. The second-order valence-electron chi connectivity index (χ2n) is 4.18. The normalized spacial score (nSPS) is 16.9. The fourth-order valence-corrected chi connectivity index (χ4v) is 1.46. The summed E-state index contributed by atoms with van der Waals surface area (Å²) in [5.74, 6) is 1.23. The smallest absolute Gasteiger partial charge is 0.226 e. The average molecular weight is 222 g/mol. The van der Waals surface area contributed by atoms with Gasteiger partial charge in [-0.15, -0.1) is 0 Å². The Kier molecular flexibility index (Phi) is 3.24. The van der Waals surface area contributed by atoms with Crippen molar-refractivity contribution in [2.75, 3.05) is 18.5 Å². The van der Waals surface area contributed by atoms with E-state index in [9.17, 15) is 0 Å². The zero-order valence-electron chi connectivity index (χ0n) is 9.57. The molecule has 0 unspecified atom stereocenters. The van der Waals surface area contributed by atoms with Crippen molar-refractivity contribution < 1.29 is 4.74 Å². The average Bonchev–Trinajstić information content (AvgIpc) is 3.07. The molecule has 0 aromatic carbocycles. The van der Waals surface area contributed by atoms with E-state index in [1.54, 1.807) is 12.3 Å². The number of hydrogen-bond acceptors (Lipinski definition) is 5. The molecule has 3 N–H and O–H groups in total. The summed E-state index contributed by atoms with van der Waals surface area (Å²) in [5.41, 5.74) is 5.72. The first-order valence-electron chi connectivity index (χ1n) is 5.72. The van der Waals surface area contributed by atoms with Gasteiger partial charge in [-0.3, -0.25) is 0 Å². The predicted octanol–water partition coefficient (Wildman–Crippen LogP) is 1.17. The topological polar surface area (TPSA) is 73.1 Å². The first kappa shape index (κ1) is 11.1. The second-order valence-corrected chi connectivity index (χ2v) is 4.18. The number of rotatable bonds is 6. The van der Waals surface area contributed by atoms with E-state index in [1.807, 2.05) is 0 Å². The maximum absolute atomic E-state index is 5.69. The van der Waals surface area contributed by atoms with Gasteiger partial charge in [0.05, 0.1) is 12.1 Å². The van der Waals surface area contributed by atoms with Gasteiger partial charge < -0.3 is 15.8 Å². The molecule has 0 aliphatic heterocycles. The highest BCUT2D eigenvalue weighted by Gasteiger charge is 2.41. The van der Waals surface area contributed by atoms with Gasteiger partial charge in [0.1, 0.15) is 0 Å². The van der Waals surface area contributed by atoms with Gasteiger partial charge in [0, 0.05) is 18.8 Å². The highest BCUT2D eigenvalue weighted by Crippen LogP contribution is 2.36. The van der Waals surface area contributed by atoms with E-state index in [0.29, 0.717) is 25.0 Å². The molecule has 0 amide bonds. The van der Waals surface area contributed by atoms with Crippen molar-refractivity contribution in [2.45, 2.75) is 31.7 Å². The lowest BCUT2D eigenvalue weighted by Gasteiger charge is -2.14. The van der Waals surface area contributed by atoms with Gasteiger partial charge in [0.2, 0.25) is 11.8 Å². The van der Waals surface area contributed by atoms with Gasteiger partial charge in [-0.05, 0) is 19.3 Å². The van der Waals surface area contributed by atoms with E-state index in [1.165, 1.54) is 0 Å². The first-order valence-corrected chi connectivity index (χ1v) is 5.72. The minimum atomic E-state index is 0.0311. The second kappa shape index (κ2) is 4.65. The zero-order valence-corrected chi connectivity index (χ0v) is 9.57. The molecule has 0 atom stereocenters. The van der Waals surface area contributed by atoms with E-state index < -0.39 is 0 Å². The molecule has 1 saturated carbocycles. The Morgan fingerprint density at radius 1 is 1.56 bits per heavy atom. The molecular weight excluding hydrogens is 204 g/mol. The molecule has 0 bridgehead atoms. The van der Waals surface area contributed by atoms with Crippen LogP contribution in [0.2, 0.25) is 0 Å². The lowest BCUT2D eigenvalue weighted by Crippen LogP contribution is -2.31. The minimum absolute atomic E-state index is 0.0311. The Morgan fingerprint density at radius 2 is 2.38 bits per heavy atom. The van der Waals surface area contributed by atoms with Crippen molar-refractivity contribution in [3.63, 3.8) is 0 Å². The molecule has 0 radical (unpaired) electrons. The molecule has 88 valence electrons. The van der Waals surface area contributed by atoms with Crippen molar-refractivity contribution in [3.8, 4) is 5.88 Å². The van der Waals surface area contributed by atoms with Gasteiger partial charge >= 0.3 is 0 Å². The molecule has 5 nitrogen and oxygen atoms in total. The summed E-state index contributed by atoms with van der Waals surface area (Å²) >= 11 is 0. The number of nitrogens with two attached hydrogens (primary N) is 1. The summed E-state index contributed by atoms with van der Waals surface area (Å²) in [5, 5.41) is 3.27. The lowest BCUT2D eigenvalue weighted by atomic mass is 10.3. The standard InChI is InChI=1S/C11H18N4O/c1-2-7-16-9-3-6-13-10(14-9)15-11(8-12)4-5-11/h3,6H,2,4-5,7-8,12H2,1H3,(H,13,14,15). The van der Waals surface area contributed by atoms with Gasteiger partial charge in [0.15, 0.2) is 0 Å². The number of aromatic nitrogens is 2.